The van der Waals surface area contributed by atoms with E-state index in [0.717, 1.165) is 36.1 Å². The van der Waals surface area contributed by atoms with Crippen molar-refractivity contribution in [3.05, 3.63) is 35.2 Å². The van der Waals surface area contributed by atoms with Crippen LogP contribution in [-0.4, -0.2) is 21.6 Å². The Balaban J connectivity index is 1.74. The molecule has 1 aliphatic rings. The van der Waals surface area contributed by atoms with E-state index in [1.807, 2.05) is 36.6 Å². The van der Waals surface area contributed by atoms with Crippen LogP contribution in [0.25, 0.3) is 11.3 Å². The van der Waals surface area contributed by atoms with Gasteiger partial charge < -0.3 is 5.11 Å². The molecule has 1 aliphatic carbocycles. The van der Waals surface area contributed by atoms with Gasteiger partial charge in [-0.1, -0.05) is 30.7 Å². The van der Waals surface area contributed by atoms with Gasteiger partial charge in [0.1, 0.15) is 5.60 Å². The minimum atomic E-state index is -1.31. The molecule has 1 amide bonds. The molecular formula is C17H20N2O2S. The molecule has 0 saturated heterocycles. The fourth-order valence-corrected chi connectivity index (χ4v) is 3.40. The standard InChI is InChI=1S/C17H20N2O2S/c1-11-6-3-4-9-13(11)14-10-22-16(18-14)19-15(20)17(2,21)12-7-5-8-12/h3-4,6,9-10,12,21H,5,7-8H2,1-2H3,(H,18,19,20). The van der Waals surface area contributed by atoms with Crippen LogP contribution in [0.2, 0.25) is 0 Å². The van der Waals surface area contributed by atoms with E-state index in [1.165, 1.54) is 11.3 Å². The molecule has 5 heteroatoms. The van der Waals surface area contributed by atoms with Gasteiger partial charge in [-0.15, -0.1) is 11.3 Å². The normalized spacial score (nSPS) is 17.6. The third kappa shape index (κ3) is 2.78. The number of nitrogens with one attached hydrogen (secondary N) is 1. The Labute approximate surface area is 134 Å². The second-order valence-electron chi connectivity index (χ2n) is 6.08. The molecule has 1 aromatic heterocycles. The first-order chi connectivity index (χ1) is 10.5. The number of hydrogen-bond donors (Lipinski definition) is 2. The minimum Gasteiger partial charge on any atom is -0.380 e. The van der Waals surface area contributed by atoms with Crippen molar-refractivity contribution in [1.29, 1.82) is 0 Å². The van der Waals surface area contributed by atoms with E-state index in [-0.39, 0.29) is 11.8 Å². The molecule has 4 nitrogen and oxygen atoms in total. The van der Waals surface area contributed by atoms with Crippen LogP contribution >= 0.6 is 11.3 Å². The van der Waals surface area contributed by atoms with Gasteiger partial charge >= 0.3 is 0 Å². The highest BCUT2D eigenvalue weighted by Crippen LogP contribution is 2.37. The number of carbonyl (C=O) groups is 1. The lowest BCUT2D eigenvalue weighted by molar-refractivity contribution is -0.141. The molecule has 1 fully saturated rings. The molecule has 22 heavy (non-hydrogen) atoms. The third-order valence-electron chi connectivity index (χ3n) is 4.51. The molecule has 1 atom stereocenters. The van der Waals surface area contributed by atoms with E-state index in [1.54, 1.807) is 6.92 Å². The lowest BCUT2D eigenvalue weighted by Gasteiger charge is -2.37. The maximum atomic E-state index is 12.3. The number of anilines is 1. The van der Waals surface area contributed by atoms with Gasteiger partial charge in [0.25, 0.3) is 5.91 Å². The van der Waals surface area contributed by atoms with E-state index < -0.39 is 5.60 Å². The average Bonchev–Trinajstić information content (AvgIpc) is 2.85. The summed E-state index contributed by atoms with van der Waals surface area (Å²) < 4.78 is 0. The second-order valence-corrected chi connectivity index (χ2v) is 6.94. The first kappa shape index (κ1) is 15.2. The Morgan fingerprint density at radius 2 is 2.14 bits per heavy atom. The van der Waals surface area contributed by atoms with Gasteiger partial charge in [-0.2, -0.15) is 0 Å². The van der Waals surface area contributed by atoms with Crippen molar-refractivity contribution in [3.8, 4) is 11.3 Å². The van der Waals surface area contributed by atoms with Gasteiger partial charge in [-0.05, 0) is 38.2 Å². The molecule has 3 rings (SSSR count). The summed E-state index contributed by atoms with van der Waals surface area (Å²) in [6.45, 7) is 3.64. The summed E-state index contributed by atoms with van der Waals surface area (Å²) in [6.07, 6.45) is 2.91. The molecule has 1 aromatic carbocycles. The van der Waals surface area contributed by atoms with Crippen molar-refractivity contribution in [1.82, 2.24) is 4.98 Å². The largest absolute Gasteiger partial charge is 0.380 e. The van der Waals surface area contributed by atoms with Crippen molar-refractivity contribution in [2.24, 2.45) is 5.92 Å². The lowest BCUT2D eigenvalue weighted by atomic mass is 9.73. The highest BCUT2D eigenvalue weighted by atomic mass is 32.1. The highest BCUT2D eigenvalue weighted by molar-refractivity contribution is 7.14. The minimum absolute atomic E-state index is 0.0586. The Morgan fingerprint density at radius 3 is 2.77 bits per heavy atom. The number of amides is 1. The zero-order chi connectivity index (χ0) is 15.7. The number of carbonyl (C=O) groups excluding carboxylic acids is 1. The molecule has 2 N–H and O–H groups in total. The topological polar surface area (TPSA) is 62.2 Å². The van der Waals surface area contributed by atoms with Crippen molar-refractivity contribution in [3.63, 3.8) is 0 Å². The summed E-state index contributed by atoms with van der Waals surface area (Å²) in [5.74, 6) is -0.300. The third-order valence-corrected chi connectivity index (χ3v) is 5.26. The quantitative estimate of drug-likeness (QED) is 0.906. The molecule has 116 valence electrons. The van der Waals surface area contributed by atoms with Gasteiger partial charge in [0.15, 0.2) is 5.13 Å². The van der Waals surface area contributed by atoms with Crippen LogP contribution in [0.15, 0.2) is 29.6 Å². The first-order valence-electron chi connectivity index (χ1n) is 7.54. The van der Waals surface area contributed by atoms with E-state index in [2.05, 4.69) is 10.3 Å². The van der Waals surface area contributed by atoms with E-state index in [0.29, 0.717) is 5.13 Å². The lowest BCUT2D eigenvalue weighted by Crippen LogP contribution is -2.49. The number of hydrogen-bond acceptors (Lipinski definition) is 4. The molecule has 2 aromatic rings. The SMILES string of the molecule is Cc1ccccc1-c1csc(NC(=O)C(C)(O)C2CCC2)n1. The summed E-state index contributed by atoms with van der Waals surface area (Å²) >= 11 is 1.38. The monoisotopic (exact) mass is 316 g/mol. The maximum Gasteiger partial charge on any atom is 0.258 e. The van der Waals surface area contributed by atoms with Gasteiger partial charge in [0.2, 0.25) is 0 Å². The summed E-state index contributed by atoms with van der Waals surface area (Å²) in [6, 6.07) is 8.01. The molecule has 1 unspecified atom stereocenters. The molecule has 0 spiro atoms. The smallest absolute Gasteiger partial charge is 0.258 e. The van der Waals surface area contributed by atoms with Gasteiger partial charge in [0.05, 0.1) is 5.69 Å². The Morgan fingerprint density at radius 1 is 1.41 bits per heavy atom. The number of aromatic nitrogens is 1. The van der Waals surface area contributed by atoms with Crippen LogP contribution in [0, 0.1) is 12.8 Å². The number of aryl methyl sites for hydroxylation is 1. The highest BCUT2D eigenvalue weighted by Gasteiger charge is 2.42. The summed E-state index contributed by atoms with van der Waals surface area (Å²) in [4.78, 5) is 16.8. The van der Waals surface area contributed by atoms with E-state index >= 15 is 0 Å². The Hall–Kier alpha value is -1.72. The summed E-state index contributed by atoms with van der Waals surface area (Å²) in [5, 5.41) is 15.6. The van der Waals surface area contributed by atoms with E-state index in [9.17, 15) is 9.90 Å². The van der Waals surface area contributed by atoms with Crippen molar-refractivity contribution in [2.45, 2.75) is 38.7 Å². The van der Waals surface area contributed by atoms with Gasteiger partial charge in [-0.25, -0.2) is 4.98 Å². The molecule has 1 saturated carbocycles. The Kier molecular flexibility index (Phi) is 4.02. The fourth-order valence-electron chi connectivity index (χ4n) is 2.69. The summed E-state index contributed by atoms with van der Waals surface area (Å²) in [7, 11) is 0. The number of thiazole rings is 1. The van der Waals surface area contributed by atoms with Crippen LogP contribution in [0.4, 0.5) is 5.13 Å². The second kappa shape index (κ2) is 5.82. The number of nitrogens with zero attached hydrogens (tertiary/aromatic N) is 1. The Bertz CT molecular complexity index is 689. The van der Waals surface area contributed by atoms with Crippen LogP contribution in [0.5, 0.6) is 0 Å². The number of rotatable bonds is 4. The maximum absolute atomic E-state index is 12.3. The predicted molar refractivity (Wildman–Crippen MR) is 88.9 cm³/mol. The van der Waals surface area contributed by atoms with Gasteiger partial charge in [0, 0.05) is 10.9 Å². The number of benzene rings is 1. The van der Waals surface area contributed by atoms with Crippen LogP contribution in [-0.2, 0) is 4.79 Å². The zero-order valence-corrected chi connectivity index (χ0v) is 13.6. The first-order valence-corrected chi connectivity index (χ1v) is 8.42. The zero-order valence-electron chi connectivity index (χ0n) is 12.8. The van der Waals surface area contributed by atoms with Crippen LogP contribution in [0.3, 0.4) is 0 Å². The predicted octanol–water partition coefficient (Wildman–Crippen LogP) is 3.61. The van der Waals surface area contributed by atoms with Gasteiger partial charge in [-0.3, -0.25) is 10.1 Å². The summed E-state index contributed by atoms with van der Waals surface area (Å²) in [5.41, 5.74) is 1.74. The molecule has 1 heterocycles. The fraction of sp³-hybridized carbons (Fsp3) is 0.412. The molecule has 0 bridgehead atoms. The molecule has 0 aliphatic heterocycles. The van der Waals surface area contributed by atoms with E-state index in [4.69, 9.17) is 0 Å². The van der Waals surface area contributed by atoms with Crippen LogP contribution in [0.1, 0.15) is 31.7 Å². The van der Waals surface area contributed by atoms with Crippen molar-refractivity contribution >= 4 is 22.4 Å². The van der Waals surface area contributed by atoms with Crippen LogP contribution < -0.4 is 5.32 Å². The van der Waals surface area contributed by atoms with Crippen molar-refractivity contribution < 1.29 is 9.90 Å². The molecular weight excluding hydrogens is 296 g/mol. The average molecular weight is 316 g/mol. The molecule has 0 radical (unpaired) electrons. The number of aliphatic hydroxyl groups is 1. The van der Waals surface area contributed by atoms with Crippen molar-refractivity contribution in [2.75, 3.05) is 5.32 Å².